The molecule has 47 heavy (non-hydrogen) atoms. The van der Waals surface area contributed by atoms with Gasteiger partial charge in [0.25, 0.3) is 0 Å². The van der Waals surface area contributed by atoms with E-state index in [-0.39, 0.29) is 5.92 Å². The Hall–Kier alpha value is -4.83. The Kier molecular flexibility index (Phi) is 11.3. The Labute approximate surface area is 272 Å². The molecule has 16 heteroatoms. The average Bonchev–Trinajstić information content (AvgIpc) is 3.45. The van der Waals surface area contributed by atoms with Crippen LogP contribution in [0.5, 0.6) is 11.5 Å². The lowest BCUT2D eigenvalue weighted by atomic mass is 10.0. The first-order chi connectivity index (χ1) is 22.3. The summed E-state index contributed by atoms with van der Waals surface area (Å²) in [6.07, 6.45) is -9.61. The van der Waals surface area contributed by atoms with Gasteiger partial charge in [-0.1, -0.05) is 44.2 Å². The van der Waals surface area contributed by atoms with Gasteiger partial charge in [0.05, 0.1) is 25.6 Å². The fourth-order valence-electron chi connectivity index (χ4n) is 4.16. The molecule has 0 aliphatic carbocycles. The summed E-state index contributed by atoms with van der Waals surface area (Å²) in [6.45, 7) is 4.87. The van der Waals surface area contributed by atoms with Crippen molar-refractivity contribution < 1.29 is 36.2 Å². The highest BCUT2D eigenvalue weighted by atomic mass is 32.1. The highest BCUT2D eigenvalue weighted by molar-refractivity contribution is 7.80. The molecule has 0 atom stereocenters. The molecule has 0 fully saturated rings. The molecular formula is C31H32F5N7O3S. The molecule has 0 spiro atoms. The summed E-state index contributed by atoms with van der Waals surface area (Å²) < 4.78 is 79.9. The predicted octanol–water partition coefficient (Wildman–Crippen LogP) is 6.98. The Morgan fingerprint density at radius 2 is 1.66 bits per heavy atom. The molecule has 10 nitrogen and oxygen atoms in total. The van der Waals surface area contributed by atoms with E-state index in [4.69, 9.17) is 21.7 Å². The van der Waals surface area contributed by atoms with Crippen molar-refractivity contribution in [1.82, 2.24) is 20.2 Å². The van der Waals surface area contributed by atoms with E-state index in [0.29, 0.717) is 47.0 Å². The first kappa shape index (κ1) is 35.0. The van der Waals surface area contributed by atoms with Gasteiger partial charge in [-0.2, -0.15) is 36.7 Å². The third kappa shape index (κ3) is 9.13. The average molecular weight is 678 g/mol. The number of hydrazone groups is 1. The molecule has 0 aliphatic rings. The number of thiocarbonyl (C=S) groups is 1. The van der Waals surface area contributed by atoms with Crippen LogP contribution in [0.1, 0.15) is 30.9 Å². The van der Waals surface area contributed by atoms with Crippen LogP contribution in [0.15, 0.2) is 71.8 Å². The lowest BCUT2D eigenvalue weighted by molar-refractivity contribution is -0.360. The van der Waals surface area contributed by atoms with E-state index >= 15 is 0 Å². The van der Waals surface area contributed by atoms with Gasteiger partial charge in [-0.25, -0.2) is 0 Å². The predicted molar refractivity (Wildman–Crippen MR) is 173 cm³/mol. The molecule has 3 N–H and O–H groups in total. The molecule has 0 aliphatic heterocycles. The Morgan fingerprint density at radius 3 is 2.28 bits per heavy atom. The number of aromatic nitrogens is 3. The van der Waals surface area contributed by atoms with Crippen molar-refractivity contribution in [2.45, 2.75) is 32.1 Å². The number of nitrogens with one attached hydrogen (secondary N) is 3. The van der Waals surface area contributed by atoms with Crippen molar-refractivity contribution in [3.8, 4) is 28.6 Å². The van der Waals surface area contributed by atoms with Gasteiger partial charge in [0, 0.05) is 31.0 Å². The van der Waals surface area contributed by atoms with Crippen LogP contribution >= 0.6 is 12.2 Å². The Balaban J connectivity index is 1.46. The summed E-state index contributed by atoms with van der Waals surface area (Å²) in [5, 5.41) is 15.2. The second-order valence-corrected chi connectivity index (χ2v) is 10.7. The van der Waals surface area contributed by atoms with E-state index in [1.807, 2.05) is 18.2 Å². The zero-order valence-corrected chi connectivity index (χ0v) is 26.5. The van der Waals surface area contributed by atoms with Gasteiger partial charge in [-0.05, 0) is 59.6 Å². The van der Waals surface area contributed by atoms with E-state index in [1.165, 1.54) is 23.9 Å². The van der Waals surface area contributed by atoms with E-state index in [0.717, 1.165) is 28.9 Å². The van der Waals surface area contributed by atoms with Gasteiger partial charge in [0.2, 0.25) is 5.95 Å². The van der Waals surface area contributed by atoms with Gasteiger partial charge >= 0.3 is 12.3 Å². The van der Waals surface area contributed by atoms with Gasteiger partial charge in [0.15, 0.2) is 10.9 Å². The Bertz CT molecular complexity index is 1680. The highest BCUT2D eigenvalue weighted by Gasteiger charge is 2.61. The number of ether oxygens (including phenoxy) is 3. The molecule has 0 saturated heterocycles. The van der Waals surface area contributed by atoms with E-state index in [9.17, 15) is 22.0 Å². The number of nitrogens with zero attached hydrogens (tertiary/aromatic N) is 4. The number of hydrogen-bond acceptors (Lipinski definition) is 8. The largest absolute Gasteiger partial charge is 0.499 e. The SMILES string of the molecule is COCCNc1nc(-c2ccc(/C=N/NC(=S)Nc3cc(OC)ccc3C(C)C)cc2)nn1-c1ccc(OC(F)(F)C(F)(F)F)cc1. The number of halogens is 5. The molecule has 0 unspecified atom stereocenters. The topological polar surface area (TPSA) is 107 Å². The zero-order chi connectivity index (χ0) is 34.2. The lowest BCUT2D eigenvalue weighted by Crippen LogP contribution is -2.41. The van der Waals surface area contributed by atoms with Crippen LogP contribution in [-0.2, 0) is 4.74 Å². The molecule has 1 heterocycles. The van der Waals surface area contributed by atoms with Crippen LogP contribution in [0.2, 0.25) is 0 Å². The van der Waals surface area contributed by atoms with Gasteiger partial charge in [-0.15, -0.1) is 5.10 Å². The monoisotopic (exact) mass is 677 g/mol. The van der Waals surface area contributed by atoms with Crippen LogP contribution in [-0.4, -0.2) is 65.7 Å². The van der Waals surface area contributed by atoms with Crippen molar-refractivity contribution in [2.75, 3.05) is 38.0 Å². The second-order valence-electron chi connectivity index (χ2n) is 10.3. The quantitative estimate of drug-likeness (QED) is 0.0455. The smallest absolute Gasteiger partial charge is 0.497 e. The molecule has 4 aromatic rings. The zero-order valence-electron chi connectivity index (χ0n) is 25.7. The Morgan fingerprint density at radius 1 is 0.979 bits per heavy atom. The number of anilines is 2. The van der Waals surface area contributed by atoms with Crippen LogP contribution in [0.3, 0.4) is 0 Å². The summed E-state index contributed by atoms with van der Waals surface area (Å²) in [5.74, 6) is 0.891. The molecule has 0 saturated carbocycles. The summed E-state index contributed by atoms with van der Waals surface area (Å²) in [5.41, 5.74) is 6.41. The van der Waals surface area contributed by atoms with Crippen molar-refractivity contribution in [3.05, 3.63) is 77.9 Å². The maximum Gasteiger partial charge on any atom is 0.499 e. The minimum absolute atomic E-state index is 0.258. The lowest BCUT2D eigenvalue weighted by Gasteiger charge is -2.20. The van der Waals surface area contributed by atoms with Crippen molar-refractivity contribution in [3.63, 3.8) is 0 Å². The second kappa shape index (κ2) is 15.2. The molecule has 1 aromatic heterocycles. The molecule has 4 rings (SSSR count). The third-order valence-corrected chi connectivity index (χ3v) is 6.73. The molecule has 0 bridgehead atoms. The summed E-state index contributed by atoms with van der Waals surface area (Å²) in [7, 11) is 3.12. The van der Waals surface area contributed by atoms with Crippen LogP contribution in [0, 0.1) is 0 Å². The molecule has 0 radical (unpaired) electrons. The van der Waals surface area contributed by atoms with Crippen LogP contribution < -0.4 is 25.5 Å². The number of rotatable bonds is 13. The minimum atomic E-state index is -5.86. The first-order valence-corrected chi connectivity index (χ1v) is 14.5. The number of methoxy groups -OCH3 is 2. The fraction of sp³-hybridized carbons (Fsp3) is 0.290. The molecule has 250 valence electrons. The van der Waals surface area contributed by atoms with E-state index < -0.39 is 18.0 Å². The van der Waals surface area contributed by atoms with Crippen molar-refractivity contribution in [2.24, 2.45) is 5.10 Å². The molecular weight excluding hydrogens is 645 g/mol. The maximum absolute atomic E-state index is 13.3. The number of hydrogen-bond donors (Lipinski definition) is 3. The van der Waals surface area contributed by atoms with Crippen LogP contribution in [0.4, 0.5) is 33.6 Å². The number of benzene rings is 3. The maximum atomic E-state index is 13.3. The highest BCUT2D eigenvalue weighted by Crippen LogP contribution is 2.37. The van der Waals surface area contributed by atoms with Crippen molar-refractivity contribution >= 4 is 35.2 Å². The van der Waals surface area contributed by atoms with Gasteiger partial charge < -0.3 is 24.8 Å². The van der Waals surface area contributed by atoms with Crippen LogP contribution in [0.25, 0.3) is 17.1 Å². The van der Waals surface area contributed by atoms with Gasteiger partial charge in [-0.3, -0.25) is 5.43 Å². The fourth-order valence-corrected chi connectivity index (χ4v) is 4.33. The number of alkyl halides is 5. The normalized spacial score (nSPS) is 12.0. The third-order valence-electron chi connectivity index (χ3n) is 6.53. The molecule has 0 amide bonds. The summed E-state index contributed by atoms with van der Waals surface area (Å²) >= 11 is 5.40. The minimum Gasteiger partial charge on any atom is -0.497 e. The van der Waals surface area contributed by atoms with Gasteiger partial charge in [0.1, 0.15) is 11.5 Å². The summed E-state index contributed by atoms with van der Waals surface area (Å²) in [4.78, 5) is 4.53. The van der Waals surface area contributed by atoms with E-state index in [2.05, 4.69) is 49.8 Å². The standard InChI is InChI=1S/C31H32F5N7O3S/c1-19(2)25-14-13-24(45-4)17-26(25)39-29(47)41-38-18-20-5-7-21(8-6-20)27-40-28(37-15-16-44-3)43(42-27)22-9-11-23(12-10-22)46-31(35,36)30(32,33)34/h5-14,17-19H,15-16H2,1-4H3,(H,37,40,42)(H2,39,41,47)/b38-18+. The first-order valence-electron chi connectivity index (χ1n) is 14.1. The van der Waals surface area contributed by atoms with Crippen molar-refractivity contribution in [1.29, 1.82) is 0 Å². The molecule has 3 aromatic carbocycles. The van der Waals surface area contributed by atoms with E-state index in [1.54, 1.807) is 37.6 Å². The summed E-state index contributed by atoms with van der Waals surface area (Å²) in [6, 6.07) is 17.4.